The minimum Gasteiger partial charge on any atom is -0.385 e. The van der Waals surface area contributed by atoms with Crippen molar-refractivity contribution in [1.29, 1.82) is 0 Å². The maximum absolute atomic E-state index is 12.3. The predicted octanol–water partition coefficient (Wildman–Crippen LogP) is 2.13. The van der Waals surface area contributed by atoms with E-state index in [0.717, 1.165) is 11.1 Å². The average Bonchev–Trinajstić information content (AvgIpc) is 2.57. The van der Waals surface area contributed by atoms with Gasteiger partial charge >= 0.3 is 0 Å². The van der Waals surface area contributed by atoms with Gasteiger partial charge in [0.25, 0.3) is 0 Å². The molecule has 3 rings (SSSR count). The van der Waals surface area contributed by atoms with Crippen molar-refractivity contribution in [2.75, 3.05) is 13.1 Å². The van der Waals surface area contributed by atoms with Crippen LogP contribution in [-0.2, 0) is 16.8 Å². The molecule has 0 saturated carbocycles. The Balaban J connectivity index is 1.61. The Hall–Kier alpha value is -2.20. The van der Waals surface area contributed by atoms with Gasteiger partial charge in [0, 0.05) is 25.5 Å². The number of piperidine rings is 1. The average molecular weight is 296 g/mol. The topological polar surface area (TPSA) is 53.4 Å². The van der Waals surface area contributed by atoms with Crippen LogP contribution in [0.1, 0.15) is 24.0 Å². The molecule has 0 atom stereocenters. The molecule has 1 saturated heterocycles. The fourth-order valence-electron chi connectivity index (χ4n) is 2.95. The van der Waals surface area contributed by atoms with Crippen molar-refractivity contribution in [3.05, 3.63) is 66.0 Å². The molecular weight excluding hydrogens is 276 g/mol. The van der Waals surface area contributed by atoms with E-state index in [1.54, 1.807) is 12.4 Å². The first kappa shape index (κ1) is 14.7. The molecule has 0 spiro atoms. The quantitative estimate of drug-likeness (QED) is 0.944. The molecule has 22 heavy (non-hydrogen) atoms. The van der Waals surface area contributed by atoms with Crippen LogP contribution < -0.4 is 0 Å². The molecule has 0 bridgehead atoms. The van der Waals surface area contributed by atoms with Crippen LogP contribution in [0, 0.1) is 0 Å². The maximum atomic E-state index is 12.3. The molecule has 4 nitrogen and oxygen atoms in total. The Bertz CT molecular complexity index is 620. The first-order chi connectivity index (χ1) is 10.7. The van der Waals surface area contributed by atoms with Gasteiger partial charge in [0.2, 0.25) is 5.91 Å². The zero-order valence-electron chi connectivity index (χ0n) is 12.5. The number of likely N-dealkylation sites (tertiary alicyclic amines) is 1. The standard InChI is InChI=1S/C18H20N2O2/c21-17(13-15-5-4-10-19-14-15)20-11-8-18(22,9-12-20)16-6-2-1-3-7-16/h1-7,10,14,22H,8-9,11-13H2. The van der Waals surface area contributed by atoms with Gasteiger partial charge in [-0.2, -0.15) is 0 Å². The molecular formula is C18H20N2O2. The third-order valence-electron chi connectivity index (χ3n) is 4.33. The highest BCUT2D eigenvalue weighted by Crippen LogP contribution is 2.32. The van der Waals surface area contributed by atoms with Gasteiger partial charge < -0.3 is 10.0 Å². The summed E-state index contributed by atoms with van der Waals surface area (Å²) in [4.78, 5) is 18.2. The molecule has 1 aromatic carbocycles. The molecule has 0 radical (unpaired) electrons. The van der Waals surface area contributed by atoms with Gasteiger partial charge in [0.15, 0.2) is 0 Å². The third-order valence-corrected chi connectivity index (χ3v) is 4.33. The lowest BCUT2D eigenvalue weighted by Gasteiger charge is -2.38. The zero-order valence-corrected chi connectivity index (χ0v) is 12.5. The molecule has 2 heterocycles. The second kappa shape index (κ2) is 6.28. The molecule has 1 fully saturated rings. The molecule has 0 aliphatic carbocycles. The first-order valence-electron chi connectivity index (χ1n) is 7.62. The Labute approximate surface area is 130 Å². The number of nitrogens with zero attached hydrogens (tertiary/aromatic N) is 2. The molecule has 0 unspecified atom stereocenters. The SMILES string of the molecule is O=C(Cc1cccnc1)N1CCC(O)(c2ccccc2)CC1. The van der Waals surface area contributed by atoms with E-state index in [1.807, 2.05) is 47.4 Å². The number of hydrogen-bond acceptors (Lipinski definition) is 3. The smallest absolute Gasteiger partial charge is 0.227 e. The van der Waals surface area contributed by atoms with E-state index in [2.05, 4.69) is 4.98 Å². The number of hydrogen-bond donors (Lipinski definition) is 1. The van der Waals surface area contributed by atoms with E-state index in [9.17, 15) is 9.90 Å². The second-order valence-corrected chi connectivity index (χ2v) is 5.82. The summed E-state index contributed by atoms with van der Waals surface area (Å²) >= 11 is 0. The van der Waals surface area contributed by atoms with E-state index in [4.69, 9.17) is 0 Å². The number of benzene rings is 1. The monoisotopic (exact) mass is 296 g/mol. The number of pyridine rings is 1. The highest BCUT2D eigenvalue weighted by atomic mass is 16.3. The molecule has 1 aliphatic rings. The summed E-state index contributed by atoms with van der Waals surface area (Å²) in [6.07, 6.45) is 4.96. The lowest BCUT2D eigenvalue weighted by molar-refractivity contribution is -0.135. The summed E-state index contributed by atoms with van der Waals surface area (Å²) < 4.78 is 0. The van der Waals surface area contributed by atoms with Crippen LogP contribution in [0.15, 0.2) is 54.9 Å². The second-order valence-electron chi connectivity index (χ2n) is 5.82. The lowest BCUT2D eigenvalue weighted by atomic mass is 9.84. The molecule has 4 heteroatoms. The van der Waals surface area contributed by atoms with E-state index in [1.165, 1.54) is 0 Å². The van der Waals surface area contributed by atoms with E-state index >= 15 is 0 Å². The van der Waals surface area contributed by atoms with Crippen molar-refractivity contribution in [2.45, 2.75) is 24.9 Å². The number of carbonyl (C=O) groups excluding carboxylic acids is 1. The number of rotatable bonds is 3. The summed E-state index contributed by atoms with van der Waals surface area (Å²) in [7, 11) is 0. The van der Waals surface area contributed by atoms with Gasteiger partial charge in [-0.1, -0.05) is 36.4 Å². The Kier molecular flexibility index (Phi) is 4.20. The zero-order chi connectivity index (χ0) is 15.4. The highest BCUT2D eigenvalue weighted by Gasteiger charge is 2.35. The summed E-state index contributed by atoms with van der Waals surface area (Å²) in [6.45, 7) is 1.18. The van der Waals surface area contributed by atoms with Crippen LogP contribution in [0.4, 0.5) is 0 Å². The number of aromatic nitrogens is 1. The van der Waals surface area contributed by atoms with Gasteiger partial charge in [-0.05, 0) is 30.0 Å². The van der Waals surface area contributed by atoms with Gasteiger partial charge in [0.1, 0.15) is 0 Å². The van der Waals surface area contributed by atoms with Crippen LogP contribution in [0.25, 0.3) is 0 Å². The van der Waals surface area contributed by atoms with Crippen molar-refractivity contribution in [1.82, 2.24) is 9.88 Å². The fraction of sp³-hybridized carbons (Fsp3) is 0.333. The van der Waals surface area contributed by atoms with Gasteiger partial charge in [0.05, 0.1) is 12.0 Å². The molecule has 1 aliphatic heterocycles. The Morgan fingerprint density at radius 1 is 1.14 bits per heavy atom. The summed E-state index contributed by atoms with van der Waals surface area (Å²) in [5.74, 6) is 0.100. The highest BCUT2D eigenvalue weighted by molar-refractivity contribution is 5.78. The first-order valence-corrected chi connectivity index (χ1v) is 7.62. The van der Waals surface area contributed by atoms with Gasteiger partial charge in [-0.25, -0.2) is 0 Å². The van der Waals surface area contributed by atoms with E-state index < -0.39 is 5.60 Å². The maximum Gasteiger partial charge on any atom is 0.227 e. The summed E-state index contributed by atoms with van der Waals surface area (Å²) in [5.41, 5.74) is 1.05. The molecule has 114 valence electrons. The van der Waals surface area contributed by atoms with Gasteiger partial charge in [-0.3, -0.25) is 9.78 Å². The Morgan fingerprint density at radius 2 is 1.86 bits per heavy atom. The van der Waals surface area contributed by atoms with Crippen LogP contribution in [0.2, 0.25) is 0 Å². The Morgan fingerprint density at radius 3 is 2.50 bits per heavy atom. The summed E-state index contributed by atoms with van der Waals surface area (Å²) in [6, 6.07) is 13.5. The molecule has 1 aromatic heterocycles. The largest absolute Gasteiger partial charge is 0.385 e. The predicted molar refractivity (Wildman–Crippen MR) is 84.1 cm³/mol. The van der Waals surface area contributed by atoms with Crippen LogP contribution in [-0.4, -0.2) is 34.0 Å². The molecule has 1 amide bonds. The van der Waals surface area contributed by atoms with Crippen LogP contribution in [0.5, 0.6) is 0 Å². The number of amides is 1. The molecule has 2 aromatic rings. The van der Waals surface area contributed by atoms with E-state index in [0.29, 0.717) is 32.4 Å². The molecule has 1 N–H and O–H groups in total. The fourth-order valence-corrected chi connectivity index (χ4v) is 2.95. The van der Waals surface area contributed by atoms with Crippen molar-refractivity contribution in [3.8, 4) is 0 Å². The number of carbonyl (C=O) groups is 1. The van der Waals surface area contributed by atoms with Crippen LogP contribution in [0.3, 0.4) is 0 Å². The minimum atomic E-state index is -0.813. The van der Waals surface area contributed by atoms with E-state index in [-0.39, 0.29) is 5.91 Å². The lowest BCUT2D eigenvalue weighted by Crippen LogP contribution is -2.45. The van der Waals surface area contributed by atoms with Gasteiger partial charge in [-0.15, -0.1) is 0 Å². The van der Waals surface area contributed by atoms with Crippen molar-refractivity contribution < 1.29 is 9.90 Å². The minimum absolute atomic E-state index is 0.100. The number of aliphatic hydroxyl groups is 1. The van der Waals surface area contributed by atoms with Crippen molar-refractivity contribution in [2.24, 2.45) is 0 Å². The van der Waals surface area contributed by atoms with Crippen molar-refractivity contribution >= 4 is 5.91 Å². The van der Waals surface area contributed by atoms with Crippen LogP contribution >= 0.6 is 0 Å². The third kappa shape index (κ3) is 3.17. The normalized spacial score (nSPS) is 17.2. The summed E-state index contributed by atoms with van der Waals surface area (Å²) in [5, 5.41) is 10.8. The van der Waals surface area contributed by atoms with Crippen molar-refractivity contribution in [3.63, 3.8) is 0 Å².